The van der Waals surface area contributed by atoms with Gasteiger partial charge in [0.25, 0.3) is 0 Å². The van der Waals surface area contributed by atoms with Gasteiger partial charge in [-0.25, -0.2) is 4.68 Å². The molecule has 1 aliphatic rings. The van der Waals surface area contributed by atoms with E-state index in [0.717, 1.165) is 73.4 Å². The monoisotopic (exact) mass is 478 g/mol. The van der Waals surface area contributed by atoms with E-state index >= 15 is 0 Å². The summed E-state index contributed by atoms with van der Waals surface area (Å²) < 4.78 is 13.8. The van der Waals surface area contributed by atoms with Gasteiger partial charge in [0, 0.05) is 32.7 Å². The quantitative estimate of drug-likeness (QED) is 0.446. The average Bonchev–Trinajstić information content (AvgIpc) is 3.15. The minimum atomic E-state index is -0.426. The number of nitrogens with zero attached hydrogens (tertiary/aromatic N) is 4. The minimum absolute atomic E-state index is 0.426. The summed E-state index contributed by atoms with van der Waals surface area (Å²) in [5, 5.41) is 15.8. The molecule has 1 N–H and O–H groups in total. The standard InChI is InChI=1S/C28H38N4O3/c1-4-13-31(20-25(33)19-30-14-16-34-17-15-30)21-27-23(3)29-32(24-10-6-5-7-11-24)28(27)35-26-12-8-9-22(2)18-26/h5-12,18,25,33H,4,13-17,19-21H2,1-3H3/t25-/m1/s1. The normalized spacial score (nSPS) is 15.5. The Morgan fingerprint density at radius 1 is 1.09 bits per heavy atom. The van der Waals surface area contributed by atoms with Crippen molar-refractivity contribution in [2.45, 2.75) is 39.8 Å². The summed E-state index contributed by atoms with van der Waals surface area (Å²) in [4.78, 5) is 4.59. The molecule has 0 spiro atoms. The first-order chi connectivity index (χ1) is 17.0. The lowest BCUT2D eigenvalue weighted by molar-refractivity contribution is 0.00622. The molecule has 1 aliphatic heterocycles. The summed E-state index contributed by atoms with van der Waals surface area (Å²) in [5.41, 5.74) is 4.08. The van der Waals surface area contributed by atoms with Crippen LogP contribution < -0.4 is 4.74 Å². The Kier molecular flexibility index (Phi) is 8.93. The van der Waals surface area contributed by atoms with Gasteiger partial charge in [0.2, 0.25) is 5.88 Å². The Balaban J connectivity index is 1.59. The van der Waals surface area contributed by atoms with Crippen LogP contribution in [0.1, 0.15) is 30.2 Å². The van der Waals surface area contributed by atoms with Crippen LogP contribution in [-0.2, 0) is 11.3 Å². The number of hydrogen-bond donors (Lipinski definition) is 1. The number of hydrogen-bond acceptors (Lipinski definition) is 6. The van der Waals surface area contributed by atoms with E-state index in [4.69, 9.17) is 14.6 Å². The molecule has 0 amide bonds. The molecule has 0 aliphatic carbocycles. The molecule has 2 heterocycles. The van der Waals surface area contributed by atoms with Gasteiger partial charge in [-0.15, -0.1) is 0 Å². The smallest absolute Gasteiger partial charge is 0.227 e. The number of aliphatic hydroxyl groups excluding tert-OH is 1. The maximum Gasteiger partial charge on any atom is 0.227 e. The number of ether oxygens (including phenoxy) is 2. The lowest BCUT2D eigenvalue weighted by Gasteiger charge is -2.31. The molecular formula is C28H38N4O3. The second kappa shape index (κ2) is 12.3. The van der Waals surface area contributed by atoms with Gasteiger partial charge >= 0.3 is 0 Å². The van der Waals surface area contributed by atoms with Crippen LogP contribution >= 0.6 is 0 Å². The molecule has 0 unspecified atom stereocenters. The molecule has 4 rings (SSSR count). The summed E-state index contributed by atoms with van der Waals surface area (Å²) in [7, 11) is 0. The van der Waals surface area contributed by atoms with Crippen molar-refractivity contribution in [1.29, 1.82) is 0 Å². The first kappa shape index (κ1) is 25.4. The maximum atomic E-state index is 10.9. The summed E-state index contributed by atoms with van der Waals surface area (Å²) in [6, 6.07) is 18.2. The minimum Gasteiger partial charge on any atom is -0.439 e. The fourth-order valence-corrected chi connectivity index (χ4v) is 4.57. The molecule has 1 atom stereocenters. The van der Waals surface area contributed by atoms with E-state index in [1.807, 2.05) is 60.1 Å². The van der Waals surface area contributed by atoms with Crippen molar-refractivity contribution in [3.05, 3.63) is 71.4 Å². The summed E-state index contributed by atoms with van der Waals surface area (Å²) in [6.45, 7) is 12.3. The van der Waals surface area contributed by atoms with Crippen LogP contribution in [0, 0.1) is 13.8 Å². The van der Waals surface area contributed by atoms with E-state index < -0.39 is 6.10 Å². The molecule has 1 fully saturated rings. The molecule has 7 nitrogen and oxygen atoms in total. The molecule has 188 valence electrons. The van der Waals surface area contributed by atoms with E-state index in [-0.39, 0.29) is 0 Å². The van der Waals surface area contributed by atoms with Crippen LogP contribution in [0.4, 0.5) is 0 Å². The predicted molar refractivity (Wildman–Crippen MR) is 138 cm³/mol. The zero-order valence-electron chi connectivity index (χ0n) is 21.2. The average molecular weight is 479 g/mol. The maximum absolute atomic E-state index is 10.9. The zero-order chi connectivity index (χ0) is 24.6. The van der Waals surface area contributed by atoms with Crippen molar-refractivity contribution in [3.8, 4) is 17.3 Å². The third-order valence-corrected chi connectivity index (χ3v) is 6.31. The Morgan fingerprint density at radius 3 is 2.57 bits per heavy atom. The highest BCUT2D eigenvalue weighted by Crippen LogP contribution is 2.32. The van der Waals surface area contributed by atoms with Crippen LogP contribution in [0.5, 0.6) is 11.6 Å². The highest BCUT2D eigenvalue weighted by Gasteiger charge is 2.23. The van der Waals surface area contributed by atoms with Crippen LogP contribution in [0.15, 0.2) is 54.6 Å². The molecule has 7 heteroatoms. The fraction of sp³-hybridized carbons (Fsp3) is 0.464. The number of β-amino-alcohol motifs (C(OH)–C–C–N with tert-alkyl or cyclic N) is 1. The van der Waals surface area contributed by atoms with Gasteiger partial charge in [-0.05, 0) is 56.6 Å². The SMILES string of the molecule is CCCN(Cc1c(C)nn(-c2ccccc2)c1Oc1cccc(C)c1)C[C@H](O)CN1CCOCC1. The van der Waals surface area contributed by atoms with Gasteiger partial charge in [-0.2, -0.15) is 5.10 Å². The fourth-order valence-electron chi connectivity index (χ4n) is 4.57. The third-order valence-electron chi connectivity index (χ3n) is 6.31. The number of aryl methyl sites for hydroxylation is 2. The van der Waals surface area contributed by atoms with Crippen molar-refractivity contribution in [3.63, 3.8) is 0 Å². The molecule has 0 bridgehead atoms. The first-order valence-electron chi connectivity index (χ1n) is 12.6. The topological polar surface area (TPSA) is 63.0 Å². The Morgan fingerprint density at radius 2 is 1.86 bits per heavy atom. The number of morpholine rings is 1. The van der Waals surface area contributed by atoms with Gasteiger partial charge in [0.15, 0.2) is 0 Å². The Hall–Kier alpha value is -2.71. The van der Waals surface area contributed by atoms with Crippen molar-refractivity contribution >= 4 is 0 Å². The number of benzene rings is 2. The molecule has 35 heavy (non-hydrogen) atoms. The second-order valence-electron chi connectivity index (χ2n) is 9.34. The molecule has 0 radical (unpaired) electrons. The number of aromatic nitrogens is 2. The Bertz CT molecular complexity index is 1060. The lowest BCUT2D eigenvalue weighted by Crippen LogP contribution is -2.44. The van der Waals surface area contributed by atoms with Crippen LogP contribution in [0.2, 0.25) is 0 Å². The molecule has 3 aromatic rings. The molecule has 1 saturated heterocycles. The molecule has 0 saturated carbocycles. The predicted octanol–water partition coefficient (Wildman–Crippen LogP) is 4.19. The van der Waals surface area contributed by atoms with Gasteiger partial charge in [0.1, 0.15) is 5.75 Å². The Labute approximate surface area is 208 Å². The van der Waals surface area contributed by atoms with Gasteiger partial charge < -0.3 is 14.6 Å². The summed E-state index contributed by atoms with van der Waals surface area (Å²) >= 11 is 0. The van der Waals surface area contributed by atoms with Gasteiger partial charge in [-0.1, -0.05) is 37.3 Å². The van der Waals surface area contributed by atoms with E-state index in [2.05, 4.69) is 29.7 Å². The largest absolute Gasteiger partial charge is 0.439 e. The van der Waals surface area contributed by atoms with Gasteiger partial charge in [-0.3, -0.25) is 9.80 Å². The third kappa shape index (κ3) is 6.92. The number of aliphatic hydroxyl groups is 1. The summed E-state index contributed by atoms with van der Waals surface area (Å²) in [5.74, 6) is 1.51. The molecule has 1 aromatic heterocycles. The zero-order valence-corrected chi connectivity index (χ0v) is 21.2. The first-order valence-corrected chi connectivity index (χ1v) is 12.6. The van der Waals surface area contributed by atoms with Crippen LogP contribution in [0.25, 0.3) is 5.69 Å². The molecular weight excluding hydrogens is 440 g/mol. The van der Waals surface area contributed by atoms with Crippen molar-refractivity contribution < 1.29 is 14.6 Å². The van der Waals surface area contributed by atoms with Crippen LogP contribution in [0.3, 0.4) is 0 Å². The van der Waals surface area contributed by atoms with E-state index in [1.54, 1.807) is 0 Å². The highest BCUT2D eigenvalue weighted by molar-refractivity contribution is 5.43. The van der Waals surface area contributed by atoms with E-state index in [9.17, 15) is 5.11 Å². The summed E-state index contributed by atoms with van der Waals surface area (Å²) in [6.07, 6.45) is 0.579. The van der Waals surface area contributed by atoms with Crippen molar-refractivity contribution in [1.82, 2.24) is 19.6 Å². The second-order valence-corrected chi connectivity index (χ2v) is 9.34. The van der Waals surface area contributed by atoms with Gasteiger partial charge in [0.05, 0.1) is 36.3 Å². The number of rotatable bonds is 11. The van der Waals surface area contributed by atoms with E-state index in [0.29, 0.717) is 19.6 Å². The lowest BCUT2D eigenvalue weighted by atomic mass is 10.2. The van der Waals surface area contributed by atoms with Crippen molar-refractivity contribution in [2.75, 3.05) is 45.9 Å². The van der Waals surface area contributed by atoms with Crippen molar-refractivity contribution in [2.24, 2.45) is 0 Å². The van der Waals surface area contributed by atoms with Crippen LogP contribution in [-0.4, -0.2) is 76.7 Å². The number of para-hydroxylation sites is 1. The highest BCUT2D eigenvalue weighted by atomic mass is 16.5. The molecule has 2 aromatic carbocycles. The van der Waals surface area contributed by atoms with E-state index in [1.165, 1.54) is 0 Å².